The molecule has 0 fully saturated rings. The van der Waals surface area contributed by atoms with E-state index in [2.05, 4.69) is 20.5 Å². The molecule has 3 aromatic rings. The number of carbonyl (C=O) groups is 1. The lowest BCUT2D eigenvalue weighted by atomic mass is 10.1. The van der Waals surface area contributed by atoms with Crippen LogP contribution >= 0.6 is 0 Å². The summed E-state index contributed by atoms with van der Waals surface area (Å²) in [4.78, 5) is 16.3. The van der Waals surface area contributed by atoms with Gasteiger partial charge >= 0.3 is 0 Å². The summed E-state index contributed by atoms with van der Waals surface area (Å²) in [5, 5.41) is 9.31. The van der Waals surface area contributed by atoms with Gasteiger partial charge in [-0.2, -0.15) is 5.10 Å². The standard InChI is InChI=1S/C16H13FN4O/c1-10-5-6-12(17)8-14(10)16(22)20-13-4-2-3-11(7-13)15-18-9-19-21-15/h2-9H,1H3,(H,20,22)(H,18,19,21). The van der Waals surface area contributed by atoms with Gasteiger partial charge < -0.3 is 5.32 Å². The van der Waals surface area contributed by atoms with Gasteiger partial charge in [0.05, 0.1) is 0 Å². The van der Waals surface area contributed by atoms with Crippen LogP contribution in [-0.2, 0) is 0 Å². The first-order valence-electron chi connectivity index (χ1n) is 6.67. The van der Waals surface area contributed by atoms with Crippen LogP contribution in [0.25, 0.3) is 11.4 Å². The number of nitrogens with one attached hydrogen (secondary N) is 2. The van der Waals surface area contributed by atoms with E-state index in [1.54, 1.807) is 31.2 Å². The van der Waals surface area contributed by atoms with Crippen molar-refractivity contribution in [3.05, 3.63) is 65.7 Å². The van der Waals surface area contributed by atoms with Crippen LogP contribution in [0.3, 0.4) is 0 Å². The summed E-state index contributed by atoms with van der Waals surface area (Å²) in [6.45, 7) is 1.76. The van der Waals surface area contributed by atoms with Crippen molar-refractivity contribution in [1.29, 1.82) is 0 Å². The molecule has 1 amide bonds. The van der Waals surface area contributed by atoms with E-state index in [0.717, 1.165) is 5.56 Å². The molecular weight excluding hydrogens is 283 g/mol. The third-order valence-electron chi connectivity index (χ3n) is 3.25. The van der Waals surface area contributed by atoms with Crippen LogP contribution in [0.1, 0.15) is 15.9 Å². The number of carbonyl (C=O) groups excluding carboxylic acids is 1. The fourth-order valence-electron chi connectivity index (χ4n) is 2.13. The maximum Gasteiger partial charge on any atom is 0.256 e. The van der Waals surface area contributed by atoms with Crippen molar-refractivity contribution >= 4 is 11.6 Å². The molecule has 0 spiro atoms. The van der Waals surface area contributed by atoms with E-state index in [-0.39, 0.29) is 5.91 Å². The van der Waals surface area contributed by atoms with Gasteiger partial charge in [-0.05, 0) is 36.8 Å². The van der Waals surface area contributed by atoms with Gasteiger partial charge in [0.1, 0.15) is 12.1 Å². The minimum Gasteiger partial charge on any atom is -0.322 e. The van der Waals surface area contributed by atoms with Crippen LogP contribution in [0, 0.1) is 12.7 Å². The Kier molecular flexibility index (Phi) is 3.65. The van der Waals surface area contributed by atoms with Crippen molar-refractivity contribution < 1.29 is 9.18 Å². The zero-order valence-corrected chi connectivity index (χ0v) is 11.8. The SMILES string of the molecule is Cc1ccc(F)cc1C(=O)Nc1cccc(-c2ncn[nH]2)c1. The Balaban J connectivity index is 1.85. The highest BCUT2D eigenvalue weighted by atomic mass is 19.1. The number of rotatable bonds is 3. The second-order valence-electron chi connectivity index (χ2n) is 4.83. The molecule has 0 aliphatic rings. The van der Waals surface area contributed by atoms with Gasteiger partial charge in [-0.25, -0.2) is 9.37 Å². The van der Waals surface area contributed by atoms with Crippen molar-refractivity contribution in [2.45, 2.75) is 6.92 Å². The van der Waals surface area contributed by atoms with Gasteiger partial charge in [-0.1, -0.05) is 18.2 Å². The molecule has 0 bridgehead atoms. The molecule has 2 aromatic carbocycles. The predicted molar refractivity (Wildman–Crippen MR) is 80.9 cm³/mol. The smallest absolute Gasteiger partial charge is 0.256 e. The summed E-state index contributed by atoms with van der Waals surface area (Å²) < 4.78 is 13.3. The van der Waals surface area contributed by atoms with Gasteiger partial charge in [0, 0.05) is 16.8 Å². The van der Waals surface area contributed by atoms with Crippen LogP contribution in [0.4, 0.5) is 10.1 Å². The van der Waals surface area contributed by atoms with E-state index in [1.165, 1.54) is 18.5 Å². The van der Waals surface area contributed by atoms with E-state index in [1.807, 2.05) is 6.07 Å². The average Bonchev–Trinajstić information content (AvgIpc) is 3.04. The number of aromatic nitrogens is 3. The lowest BCUT2D eigenvalue weighted by Gasteiger charge is -2.08. The minimum atomic E-state index is -0.439. The third kappa shape index (κ3) is 2.85. The maximum atomic E-state index is 13.3. The Hall–Kier alpha value is -3.02. The van der Waals surface area contributed by atoms with Gasteiger partial charge in [0.15, 0.2) is 5.82 Å². The molecular formula is C16H13FN4O. The molecule has 0 saturated carbocycles. The molecule has 1 aromatic heterocycles. The van der Waals surface area contributed by atoms with Gasteiger partial charge in [-0.15, -0.1) is 0 Å². The molecule has 6 heteroatoms. The van der Waals surface area contributed by atoms with Gasteiger partial charge in [-0.3, -0.25) is 9.89 Å². The minimum absolute atomic E-state index is 0.310. The number of H-pyrrole nitrogens is 1. The second-order valence-corrected chi connectivity index (χ2v) is 4.83. The molecule has 110 valence electrons. The van der Waals surface area contributed by atoms with Crippen LogP contribution in [0.5, 0.6) is 0 Å². The highest BCUT2D eigenvalue weighted by molar-refractivity contribution is 6.05. The van der Waals surface area contributed by atoms with Crippen molar-refractivity contribution in [2.24, 2.45) is 0 Å². The summed E-state index contributed by atoms with van der Waals surface area (Å²) in [7, 11) is 0. The second kappa shape index (κ2) is 5.77. The first kappa shape index (κ1) is 13.9. The van der Waals surface area contributed by atoms with Crippen molar-refractivity contribution in [1.82, 2.24) is 15.2 Å². The van der Waals surface area contributed by atoms with Gasteiger partial charge in [0.2, 0.25) is 0 Å². The first-order valence-corrected chi connectivity index (χ1v) is 6.67. The zero-order valence-electron chi connectivity index (χ0n) is 11.8. The fraction of sp³-hybridized carbons (Fsp3) is 0.0625. The van der Waals surface area contributed by atoms with E-state index in [4.69, 9.17) is 0 Å². The highest BCUT2D eigenvalue weighted by Gasteiger charge is 2.11. The average molecular weight is 296 g/mol. The number of aryl methyl sites for hydroxylation is 1. The maximum absolute atomic E-state index is 13.3. The molecule has 22 heavy (non-hydrogen) atoms. The monoisotopic (exact) mass is 296 g/mol. The van der Waals surface area contributed by atoms with Gasteiger partial charge in [0.25, 0.3) is 5.91 Å². The van der Waals surface area contributed by atoms with E-state index in [0.29, 0.717) is 22.6 Å². The van der Waals surface area contributed by atoms with Crippen molar-refractivity contribution in [2.75, 3.05) is 5.32 Å². The molecule has 3 rings (SSSR count). The lowest BCUT2D eigenvalue weighted by molar-refractivity contribution is 0.102. The van der Waals surface area contributed by atoms with Crippen LogP contribution in [-0.4, -0.2) is 21.1 Å². The number of halogens is 1. The largest absolute Gasteiger partial charge is 0.322 e. The lowest BCUT2D eigenvalue weighted by Crippen LogP contribution is -2.13. The number of benzene rings is 2. The summed E-state index contributed by atoms with van der Waals surface area (Å²) in [6.07, 6.45) is 1.41. The molecule has 0 aliphatic carbocycles. The molecule has 0 saturated heterocycles. The summed E-state index contributed by atoms with van der Waals surface area (Å²) in [6, 6.07) is 11.3. The molecule has 2 N–H and O–H groups in total. The third-order valence-corrected chi connectivity index (χ3v) is 3.25. The Morgan fingerprint density at radius 1 is 1.23 bits per heavy atom. The number of anilines is 1. The topological polar surface area (TPSA) is 70.7 Å². The Bertz CT molecular complexity index is 815. The molecule has 5 nitrogen and oxygen atoms in total. The Morgan fingerprint density at radius 2 is 2.09 bits per heavy atom. The van der Waals surface area contributed by atoms with E-state index in [9.17, 15) is 9.18 Å². The summed E-state index contributed by atoms with van der Waals surface area (Å²) >= 11 is 0. The van der Waals surface area contributed by atoms with E-state index >= 15 is 0 Å². The van der Waals surface area contributed by atoms with Crippen molar-refractivity contribution in [3.63, 3.8) is 0 Å². The molecule has 0 unspecified atom stereocenters. The Morgan fingerprint density at radius 3 is 2.86 bits per heavy atom. The summed E-state index contributed by atoms with van der Waals surface area (Å²) in [5.41, 5.74) is 2.42. The van der Waals surface area contributed by atoms with Crippen LogP contribution in [0.2, 0.25) is 0 Å². The number of hydrogen-bond donors (Lipinski definition) is 2. The number of amides is 1. The zero-order chi connectivity index (χ0) is 15.5. The Labute approximate surface area is 126 Å². The van der Waals surface area contributed by atoms with Crippen molar-refractivity contribution in [3.8, 4) is 11.4 Å². The number of nitrogens with zero attached hydrogens (tertiary/aromatic N) is 2. The fourth-order valence-corrected chi connectivity index (χ4v) is 2.13. The highest BCUT2D eigenvalue weighted by Crippen LogP contribution is 2.20. The molecule has 0 aliphatic heterocycles. The molecule has 0 atom stereocenters. The molecule has 1 heterocycles. The predicted octanol–water partition coefficient (Wildman–Crippen LogP) is 3.17. The number of hydrogen-bond acceptors (Lipinski definition) is 3. The molecule has 0 radical (unpaired) electrons. The quantitative estimate of drug-likeness (QED) is 0.780. The van der Waals surface area contributed by atoms with Crippen LogP contribution in [0.15, 0.2) is 48.8 Å². The van der Waals surface area contributed by atoms with Crippen LogP contribution < -0.4 is 5.32 Å². The first-order chi connectivity index (χ1) is 10.6. The van der Waals surface area contributed by atoms with E-state index < -0.39 is 5.82 Å². The summed E-state index contributed by atoms with van der Waals surface area (Å²) in [5.74, 6) is -0.184. The number of aromatic amines is 1. The normalized spacial score (nSPS) is 10.5.